The summed E-state index contributed by atoms with van der Waals surface area (Å²) in [6.45, 7) is 6.13. The highest BCUT2D eigenvalue weighted by molar-refractivity contribution is 5.92. The van der Waals surface area contributed by atoms with Gasteiger partial charge in [-0.3, -0.25) is 0 Å². The molecule has 0 amide bonds. The Bertz CT molecular complexity index is 725. The second kappa shape index (κ2) is 8.82. The van der Waals surface area contributed by atoms with Crippen molar-refractivity contribution in [3.8, 4) is 11.5 Å². The monoisotopic (exact) mass is 343 g/mol. The summed E-state index contributed by atoms with van der Waals surface area (Å²) in [6.07, 6.45) is 0.649. The number of hydrogen-bond donors (Lipinski definition) is 0. The Morgan fingerprint density at radius 1 is 0.960 bits per heavy atom. The molecule has 0 radical (unpaired) electrons. The topological polar surface area (TPSA) is 74.7 Å². The van der Waals surface area contributed by atoms with E-state index in [1.54, 1.807) is 44.2 Å². The van der Waals surface area contributed by atoms with Gasteiger partial charge in [-0.1, -0.05) is 13.0 Å². The lowest BCUT2D eigenvalue weighted by Gasteiger charge is -2.09. The molecule has 0 fully saturated rings. The Morgan fingerprint density at radius 2 is 1.56 bits per heavy atom. The second-order valence-electron chi connectivity index (χ2n) is 5.57. The molecule has 0 aliphatic carbocycles. The lowest BCUT2D eigenvalue weighted by atomic mass is 10.3. The molecule has 2 aromatic rings. The minimum atomic E-state index is -0.651. The van der Waals surface area contributed by atoms with Gasteiger partial charge in [0, 0.05) is 0 Å². The van der Waals surface area contributed by atoms with Crippen LogP contribution in [-0.2, 0) is 4.74 Å². The zero-order valence-electron chi connectivity index (χ0n) is 14.5. The summed E-state index contributed by atoms with van der Waals surface area (Å²) in [7, 11) is 0. The SMILES string of the molecule is CCCOc1ccc(OC(=O)c2cccc(C(=O)OC(C)C)n2)cc1. The number of benzene rings is 1. The van der Waals surface area contributed by atoms with Crippen LogP contribution in [0, 0.1) is 0 Å². The zero-order chi connectivity index (χ0) is 18.2. The van der Waals surface area contributed by atoms with E-state index in [1.165, 1.54) is 12.1 Å². The van der Waals surface area contributed by atoms with Crippen LogP contribution in [0.3, 0.4) is 0 Å². The van der Waals surface area contributed by atoms with Gasteiger partial charge in [-0.05, 0) is 56.7 Å². The maximum atomic E-state index is 12.2. The molecule has 1 aromatic carbocycles. The molecule has 0 saturated carbocycles. The van der Waals surface area contributed by atoms with Crippen molar-refractivity contribution < 1.29 is 23.8 Å². The molecule has 6 heteroatoms. The van der Waals surface area contributed by atoms with E-state index in [-0.39, 0.29) is 17.5 Å². The predicted octanol–water partition coefficient (Wildman–Crippen LogP) is 3.65. The van der Waals surface area contributed by atoms with Gasteiger partial charge >= 0.3 is 11.9 Å². The van der Waals surface area contributed by atoms with Crippen LogP contribution in [0.5, 0.6) is 11.5 Å². The van der Waals surface area contributed by atoms with Crippen LogP contribution >= 0.6 is 0 Å². The van der Waals surface area contributed by atoms with Crippen molar-refractivity contribution in [3.63, 3.8) is 0 Å². The van der Waals surface area contributed by atoms with E-state index >= 15 is 0 Å². The number of carbonyl (C=O) groups excluding carboxylic acids is 2. The number of rotatable bonds is 7. The number of esters is 2. The lowest BCUT2D eigenvalue weighted by Crippen LogP contribution is -2.16. The lowest BCUT2D eigenvalue weighted by molar-refractivity contribution is 0.0370. The highest BCUT2D eigenvalue weighted by Crippen LogP contribution is 2.18. The Morgan fingerprint density at radius 3 is 2.16 bits per heavy atom. The molecule has 1 heterocycles. The summed E-state index contributed by atoms with van der Waals surface area (Å²) in [6, 6.07) is 11.3. The van der Waals surface area contributed by atoms with Crippen LogP contribution in [0.2, 0.25) is 0 Å². The maximum Gasteiger partial charge on any atom is 0.362 e. The van der Waals surface area contributed by atoms with Crippen molar-refractivity contribution in [1.82, 2.24) is 4.98 Å². The van der Waals surface area contributed by atoms with Gasteiger partial charge < -0.3 is 14.2 Å². The fraction of sp³-hybridized carbons (Fsp3) is 0.316. The molecule has 1 aromatic heterocycles. The highest BCUT2D eigenvalue weighted by atomic mass is 16.5. The number of aromatic nitrogens is 1. The van der Waals surface area contributed by atoms with Crippen LogP contribution < -0.4 is 9.47 Å². The average molecular weight is 343 g/mol. The van der Waals surface area contributed by atoms with E-state index in [1.807, 2.05) is 6.92 Å². The van der Waals surface area contributed by atoms with Gasteiger partial charge in [0.05, 0.1) is 12.7 Å². The first kappa shape index (κ1) is 18.4. The molecule has 6 nitrogen and oxygen atoms in total. The van der Waals surface area contributed by atoms with E-state index in [0.717, 1.165) is 6.42 Å². The summed E-state index contributed by atoms with van der Waals surface area (Å²) in [5.41, 5.74) is 0.0935. The van der Waals surface area contributed by atoms with Gasteiger partial charge in [0.1, 0.15) is 22.9 Å². The zero-order valence-corrected chi connectivity index (χ0v) is 14.5. The first-order valence-corrected chi connectivity index (χ1v) is 8.12. The standard InChI is InChI=1S/C19H21NO5/c1-4-12-23-14-8-10-15(11-9-14)25-19(22)17-7-5-6-16(20-17)18(21)24-13(2)3/h5-11,13H,4,12H2,1-3H3. The van der Waals surface area contributed by atoms with E-state index in [2.05, 4.69) is 4.98 Å². The molecule has 0 bridgehead atoms. The largest absolute Gasteiger partial charge is 0.494 e. The summed E-state index contributed by atoms with van der Waals surface area (Å²) >= 11 is 0. The highest BCUT2D eigenvalue weighted by Gasteiger charge is 2.16. The van der Waals surface area contributed by atoms with Crippen LogP contribution in [-0.4, -0.2) is 29.6 Å². The molecule has 0 aliphatic rings. The number of pyridine rings is 1. The summed E-state index contributed by atoms with van der Waals surface area (Å²) in [4.78, 5) is 28.1. The quantitative estimate of drug-likeness (QED) is 0.564. The number of ether oxygens (including phenoxy) is 3. The van der Waals surface area contributed by atoms with E-state index in [9.17, 15) is 9.59 Å². The Kier molecular flexibility index (Phi) is 6.51. The molecule has 0 spiro atoms. The van der Waals surface area contributed by atoms with Gasteiger partial charge in [-0.2, -0.15) is 0 Å². The van der Waals surface area contributed by atoms with E-state index < -0.39 is 11.9 Å². The molecule has 25 heavy (non-hydrogen) atoms. The van der Waals surface area contributed by atoms with Crippen LogP contribution in [0.4, 0.5) is 0 Å². The number of nitrogens with zero attached hydrogens (tertiary/aromatic N) is 1. The molecule has 0 N–H and O–H groups in total. The third-order valence-electron chi connectivity index (χ3n) is 3.02. The molecule has 2 rings (SSSR count). The first-order valence-electron chi connectivity index (χ1n) is 8.12. The summed E-state index contributed by atoms with van der Waals surface area (Å²) < 4.78 is 15.8. The smallest absolute Gasteiger partial charge is 0.362 e. The third kappa shape index (κ3) is 5.60. The van der Waals surface area contributed by atoms with Crippen molar-refractivity contribution >= 4 is 11.9 Å². The van der Waals surface area contributed by atoms with Gasteiger partial charge in [-0.15, -0.1) is 0 Å². The van der Waals surface area contributed by atoms with Crippen molar-refractivity contribution in [3.05, 3.63) is 53.9 Å². The van der Waals surface area contributed by atoms with Crippen molar-refractivity contribution in [1.29, 1.82) is 0 Å². The van der Waals surface area contributed by atoms with Crippen molar-refractivity contribution in [2.75, 3.05) is 6.61 Å². The Balaban J connectivity index is 2.04. The Labute approximate surface area is 146 Å². The minimum Gasteiger partial charge on any atom is -0.494 e. The van der Waals surface area contributed by atoms with Gasteiger partial charge in [0.25, 0.3) is 0 Å². The molecule has 0 unspecified atom stereocenters. The normalized spacial score (nSPS) is 10.4. The summed E-state index contributed by atoms with van der Waals surface area (Å²) in [5, 5.41) is 0. The molecular weight excluding hydrogens is 322 g/mol. The van der Waals surface area contributed by atoms with Crippen LogP contribution in [0.1, 0.15) is 48.2 Å². The third-order valence-corrected chi connectivity index (χ3v) is 3.02. The second-order valence-corrected chi connectivity index (χ2v) is 5.57. The van der Waals surface area contributed by atoms with Gasteiger partial charge in [-0.25, -0.2) is 14.6 Å². The fourth-order valence-corrected chi connectivity index (χ4v) is 1.92. The first-order chi connectivity index (χ1) is 12.0. The average Bonchev–Trinajstić information content (AvgIpc) is 2.60. The van der Waals surface area contributed by atoms with Crippen LogP contribution in [0.25, 0.3) is 0 Å². The van der Waals surface area contributed by atoms with Crippen molar-refractivity contribution in [2.45, 2.75) is 33.3 Å². The molecular formula is C19H21NO5. The molecule has 0 aliphatic heterocycles. The van der Waals surface area contributed by atoms with Gasteiger partial charge in [0.2, 0.25) is 0 Å². The van der Waals surface area contributed by atoms with Crippen molar-refractivity contribution in [2.24, 2.45) is 0 Å². The number of carbonyl (C=O) groups is 2. The molecule has 132 valence electrons. The van der Waals surface area contributed by atoms with E-state index in [0.29, 0.717) is 18.1 Å². The minimum absolute atomic E-state index is 0.0320. The van der Waals surface area contributed by atoms with Crippen LogP contribution in [0.15, 0.2) is 42.5 Å². The summed E-state index contributed by atoms with van der Waals surface area (Å²) in [5.74, 6) is -0.160. The Hall–Kier alpha value is -2.89. The molecule has 0 saturated heterocycles. The molecule has 0 atom stereocenters. The fourth-order valence-electron chi connectivity index (χ4n) is 1.92. The van der Waals surface area contributed by atoms with Gasteiger partial charge in [0.15, 0.2) is 0 Å². The number of hydrogen-bond acceptors (Lipinski definition) is 6. The maximum absolute atomic E-state index is 12.2. The predicted molar refractivity (Wildman–Crippen MR) is 92.0 cm³/mol. The van der Waals surface area contributed by atoms with E-state index in [4.69, 9.17) is 14.2 Å².